The van der Waals surface area contributed by atoms with Crippen molar-refractivity contribution in [2.24, 2.45) is 11.5 Å². The molecule has 0 fully saturated rings. The molecular weight excluding hydrogens is 330 g/mol. The van der Waals surface area contributed by atoms with Crippen molar-refractivity contribution in [2.45, 2.75) is 25.9 Å². The van der Waals surface area contributed by atoms with Crippen LogP contribution < -0.4 is 11.5 Å². The average Bonchev–Trinajstić information content (AvgIpc) is 2.33. The smallest absolute Gasteiger partial charge is 0.324 e. The first kappa shape index (κ1) is 21.4. The van der Waals surface area contributed by atoms with Crippen LogP contribution in [0.25, 0.3) is 0 Å². The lowest BCUT2D eigenvalue weighted by molar-refractivity contribution is 0.364. The number of hydrogen-bond acceptors (Lipinski definition) is 4. The molecule has 0 spiro atoms. The van der Waals surface area contributed by atoms with Crippen LogP contribution in [0, 0.1) is 6.92 Å². The van der Waals surface area contributed by atoms with Gasteiger partial charge in [-0.2, -0.15) is 0 Å². The topological polar surface area (TPSA) is 167 Å². The van der Waals surface area contributed by atoms with Crippen LogP contribution in [0.2, 0.25) is 0 Å². The van der Waals surface area contributed by atoms with Crippen molar-refractivity contribution in [3.05, 3.63) is 35.4 Å². The Balaban J connectivity index is 0.000000406. The molecule has 0 aliphatic carbocycles. The standard InChI is InChI=1S/C8H12N2.C4H12O6P2/c1-6-3-2-4-7(5-6)8(9)10;5-11(6,7)3-1-2-4-12(8,9)10/h2-5,8H,9-10H2,1H3;1-4H2,(H2,5,6,7)(H2,8,9,10). The summed E-state index contributed by atoms with van der Waals surface area (Å²) in [5.41, 5.74) is 13.1. The van der Waals surface area contributed by atoms with Crippen LogP contribution in [0.15, 0.2) is 24.3 Å². The Kier molecular flexibility index (Phi) is 9.31. The Bertz CT molecular complexity index is 516. The molecule has 0 saturated heterocycles. The molecule has 1 rings (SSSR count). The molecule has 1 aromatic carbocycles. The largest absolute Gasteiger partial charge is 0.325 e. The first-order valence-electron chi connectivity index (χ1n) is 6.57. The molecule has 10 heteroatoms. The molecule has 0 unspecified atom stereocenters. The molecule has 0 amide bonds. The van der Waals surface area contributed by atoms with E-state index in [1.807, 2.05) is 31.2 Å². The molecule has 0 saturated carbocycles. The third kappa shape index (κ3) is 13.1. The third-order valence-electron chi connectivity index (χ3n) is 2.58. The van der Waals surface area contributed by atoms with Crippen molar-refractivity contribution in [2.75, 3.05) is 12.3 Å². The molecule has 128 valence electrons. The van der Waals surface area contributed by atoms with Crippen LogP contribution in [-0.2, 0) is 9.13 Å². The number of nitrogens with two attached hydrogens (primary N) is 2. The summed E-state index contributed by atoms with van der Waals surface area (Å²) in [6.07, 6.45) is -0.704. The molecular formula is C12H24N2O6P2. The molecule has 8 N–H and O–H groups in total. The van der Waals surface area contributed by atoms with Crippen molar-refractivity contribution in [3.63, 3.8) is 0 Å². The summed E-state index contributed by atoms with van der Waals surface area (Å²) >= 11 is 0. The number of rotatable bonds is 6. The van der Waals surface area contributed by atoms with Gasteiger partial charge in [0.25, 0.3) is 0 Å². The van der Waals surface area contributed by atoms with Crippen LogP contribution >= 0.6 is 15.2 Å². The fraction of sp³-hybridized carbons (Fsp3) is 0.500. The highest BCUT2D eigenvalue weighted by Crippen LogP contribution is 2.38. The number of aryl methyl sites for hydroxylation is 1. The SMILES string of the molecule is Cc1cccc(C(N)N)c1.O=P(O)(O)CCCCP(=O)(O)O. The molecule has 0 atom stereocenters. The Hall–Kier alpha value is -0.560. The normalized spacial score (nSPS) is 12.0. The third-order valence-corrected chi connectivity index (χ3v) is 4.37. The van der Waals surface area contributed by atoms with Gasteiger partial charge in [-0.3, -0.25) is 9.13 Å². The monoisotopic (exact) mass is 354 g/mol. The quantitative estimate of drug-likeness (QED) is 0.250. The number of hydrogen-bond donors (Lipinski definition) is 6. The second kappa shape index (κ2) is 9.55. The van der Waals surface area contributed by atoms with Crippen molar-refractivity contribution in [3.8, 4) is 0 Å². The van der Waals surface area contributed by atoms with E-state index in [9.17, 15) is 9.13 Å². The van der Waals surface area contributed by atoms with Gasteiger partial charge in [0.2, 0.25) is 0 Å². The molecule has 0 aromatic heterocycles. The van der Waals surface area contributed by atoms with Gasteiger partial charge >= 0.3 is 15.2 Å². The van der Waals surface area contributed by atoms with Crippen molar-refractivity contribution < 1.29 is 28.7 Å². The van der Waals surface area contributed by atoms with Gasteiger partial charge in [-0.25, -0.2) is 0 Å². The summed E-state index contributed by atoms with van der Waals surface area (Å²) in [5.74, 6) is 0. The van der Waals surface area contributed by atoms with E-state index in [1.54, 1.807) is 0 Å². The highest BCUT2D eigenvalue weighted by Gasteiger charge is 2.15. The van der Waals surface area contributed by atoms with Crippen LogP contribution in [0.5, 0.6) is 0 Å². The van der Waals surface area contributed by atoms with E-state index in [0.29, 0.717) is 0 Å². The minimum atomic E-state index is -4.00. The lowest BCUT2D eigenvalue weighted by Gasteiger charge is -2.04. The van der Waals surface area contributed by atoms with E-state index in [4.69, 9.17) is 31.0 Å². The van der Waals surface area contributed by atoms with Gasteiger partial charge in [0.15, 0.2) is 0 Å². The van der Waals surface area contributed by atoms with E-state index >= 15 is 0 Å². The van der Waals surface area contributed by atoms with Crippen LogP contribution in [0.3, 0.4) is 0 Å². The van der Waals surface area contributed by atoms with Crippen LogP contribution in [0.4, 0.5) is 0 Å². The van der Waals surface area contributed by atoms with E-state index in [-0.39, 0.29) is 31.3 Å². The molecule has 0 aliphatic rings. The lowest BCUT2D eigenvalue weighted by Crippen LogP contribution is -2.19. The maximum atomic E-state index is 10.3. The summed E-state index contributed by atoms with van der Waals surface area (Å²) in [5, 5.41) is 0. The maximum absolute atomic E-state index is 10.3. The summed E-state index contributed by atoms with van der Waals surface area (Å²) < 4.78 is 20.5. The predicted octanol–water partition coefficient (Wildman–Crippen LogP) is 1.03. The maximum Gasteiger partial charge on any atom is 0.325 e. The molecule has 0 aliphatic heterocycles. The molecule has 1 aromatic rings. The zero-order valence-electron chi connectivity index (χ0n) is 12.4. The summed E-state index contributed by atoms with van der Waals surface area (Å²) in [6.45, 7) is 2.02. The van der Waals surface area contributed by atoms with E-state index in [1.165, 1.54) is 5.56 Å². The van der Waals surface area contributed by atoms with Gasteiger partial charge in [0, 0.05) is 12.3 Å². The van der Waals surface area contributed by atoms with Gasteiger partial charge in [-0.05, 0) is 25.3 Å². The molecule has 22 heavy (non-hydrogen) atoms. The van der Waals surface area contributed by atoms with Gasteiger partial charge in [-0.15, -0.1) is 0 Å². The molecule has 0 radical (unpaired) electrons. The van der Waals surface area contributed by atoms with Gasteiger partial charge in [0.05, 0.1) is 6.17 Å². The number of benzene rings is 1. The highest BCUT2D eigenvalue weighted by atomic mass is 31.2. The Morgan fingerprint density at radius 2 is 1.45 bits per heavy atom. The minimum Gasteiger partial charge on any atom is -0.324 e. The second-order valence-corrected chi connectivity index (χ2v) is 8.48. The first-order chi connectivity index (χ1) is 9.91. The Labute approximate surface area is 129 Å². The van der Waals surface area contributed by atoms with Crippen molar-refractivity contribution >= 4 is 15.2 Å². The minimum absolute atomic E-state index is 0.134. The fourth-order valence-corrected chi connectivity index (χ4v) is 2.78. The molecule has 8 nitrogen and oxygen atoms in total. The Morgan fingerprint density at radius 3 is 1.73 bits per heavy atom. The number of unbranched alkanes of at least 4 members (excludes halogenated alkanes) is 1. The van der Waals surface area contributed by atoms with E-state index in [0.717, 1.165) is 5.56 Å². The van der Waals surface area contributed by atoms with Gasteiger partial charge in [-0.1, -0.05) is 29.8 Å². The summed E-state index contributed by atoms with van der Waals surface area (Å²) in [7, 11) is -8.00. The van der Waals surface area contributed by atoms with E-state index in [2.05, 4.69) is 0 Å². The molecule has 0 bridgehead atoms. The summed E-state index contributed by atoms with van der Waals surface area (Å²) in [4.78, 5) is 33.5. The van der Waals surface area contributed by atoms with Crippen LogP contribution in [-0.4, -0.2) is 31.9 Å². The summed E-state index contributed by atoms with van der Waals surface area (Å²) in [6, 6.07) is 7.89. The predicted molar refractivity (Wildman–Crippen MR) is 85.4 cm³/mol. The van der Waals surface area contributed by atoms with E-state index < -0.39 is 15.2 Å². The van der Waals surface area contributed by atoms with Gasteiger partial charge < -0.3 is 31.0 Å². The first-order valence-corrected chi connectivity index (χ1v) is 10.2. The lowest BCUT2D eigenvalue weighted by atomic mass is 10.1. The van der Waals surface area contributed by atoms with Gasteiger partial charge in [0.1, 0.15) is 0 Å². The van der Waals surface area contributed by atoms with Crippen molar-refractivity contribution in [1.29, 1.82) is 0 Å². The average molecular weight is 354 g/mol. The highest BCUT2D eigenvalue weighted by molar-refractivity contribution is 7.52. The van der Waals surface area contributed by atoms with Crippen LogP contribution in [0.1, 0.15) is 30.1 Å². The zero-order valence-corrected chi connectivity index (χ0v) is 14.2. The fourth-order valence-electron chi connectivity index (χ4n) is 1.51. The zero-order chi connectivity index (χ0) is 17.4. The Morgan fingerprint density at radius 1 is 1.00 bits per heavy atom. The molecule has 0 heterocycles. The second-order valence-electron chi connectivity index (χ2n) is 4.92. The van der Waals surface area contributed by atoms with Crippen molar-refractivity contribution in [1.82, 2.24) is 0 Å².